The van der Waals surface area contributed by atoms with Crippen LogP contribution < -0.4 is 0 Å². The molecule has 0 aromatic rings. The largest absolute Gasteiger partial charge is 0.482 e. The summed E-state index contributed by atoms with van der Waals surface area (Å²) in [6, 6.07) is 0. The maximum atomic E-state index is 10.6. The van der Waals surface area contributed by atoms with E-state index in [0.717, 1.165) is 6.08 Å². The number of hydrogen-bond acceptors (Lipinski definition) is 4. The summed E-state index contributed by atoms with van der Waals surface area (Å²) in [5, 5.41) is 0. The van der Waals surface area contributed by atoms with E-state index in [1.807, 2.05) is 0 Å². The maximum Gasteiger partial charge on any atom is 0.381 e. The summed E-state index contributed by atoms with van der Waals surface area (Å²) in [5.74, 6) is -1.49. The van der Waals surface area contributed by atoms with Crippen molar-refractivity contribution in [1.29, 1.82) is 0 Å². The molecule has 0 amide bonds. The van der Waals surface area contributed by atoms with Gasteiger partial charge in [-0.05, 0) is 0 Å². The molecule has 11 heavy (non-hydrogen) atoms. The molecule has 58 valence electrons. The summed E-state index contributed by atoms with van der Waals surface area (Å²) in [4.78, 5) is 21.0. The smallest absolute Gasteiger partial charge is 0.381 e. The first kappa shape index (κ1) is 7.53. The van der Waals surface area contributed by atoms with Crippen molar-refractivity contribution < 1.29 is 19.1 Å². The second-order valence-corrected chi connectivity index (χ2v) is 1.82. The van der Waals surface area contributed by atoms with Gasteiger partial charge in [-0.15, -0.1) is 0 Å². The van der Waals surface area contributed by atoms with Gasteiger partial charge in [-0.3, -0.25) is 0 Å². The molecule has 0 bridgehead atoms. The Morgan fingerprint density at radius 1 is 1.64 bits per heavy atom. The minimum atomic E-state index is -0.739. The lowest BCUT2D eigenvalue weighted by Gasteiger charge is -1.97. The van der Waals surface area contributed by atoms with E-state index in [1.54, 1.807) is 0 Å². The van der Waals surface area contributed by atoms with Crippen LogP contribution in [0.5, 0.6) is 0 Å². The van der Waals surface area contributed by atoms with Crippen molar-refractivity contribution >= 4 is 11.9 Å². The normalized spacial score (nSPS) is 15.8. The van der Waals surface area contributed by atoms with Crippen molar-refractivity contribution in [2.24, 2.45) is 0 Å². The SMILES string of the molecule is C=CCOC1=CC(=O)OC1=O. The van der Waals surface area contributed by atoms with Gasteiger partial charge in [0.2, 0.25) is 5.76 Å². The highest BCUT2D eigenvalue weighted by Gasteiger charge is 2.24. The Morgan fingerprint density at radius 2 is 2.36 bits per heavy atom. The summed E-state index contributed by atoms with van der Waals surface area (Å²) < 4.78 is 8.92. The van der Waals surface area contributed by atoms with Crippen molar-refractivity contribution in [3.63, 3.8) is 0 Å². The minimum Gasteiger partial charge on any atom is -0.482 e. The number of cyclic esters (lactones) is 2. The minimum absolute atomic E-state index is 0.0603. The second kappa shape index (κ2) is 3.01. The maximum absolute atomic E-state index is 10.6. The van der Waals surface area contributed by atoms with Crippen molar-refractivity contribution in [3.8, 4) is 0 Å². The van der Waals surface area contributed by atoms with Crippen LogP contribution in [0.4, 0.5) is 0 Å². The first-order valence-electron chi connectivity index (χ1n) is 2.95. The summed E-state index contributed by atoms with van der Waals surface area (Å²) in [7, 11) is 0. The molecular formula is C7H6O4. The Kier molecular flexibility index (Phi) is 2.06. The van der Waals surface area contributed by atoms with Gasteiger partial charge in [0.15, 0.2) is 0 Å². The number of hydrogen-bond donors (Lipinski definition) is 0. The standard InChI is InChI=1S/C7H6O4/c1-2-3-10-5-4-6(8)11-7(5)9/h2,4H,1,3H2. The third-order valence-electron chi connectivity index (χ3n) is 1.00. The van der Waals surface area contributed by atoms with Crippen molar-refractivity contribution in [2.75, 3.05) is 6.61 Å². The van der Waals surface area contributed by atoms with Crippen LogP contribution in [-0.2, 0) is 19.1 Å². The van der Waals surface area contributed by atoms with Crippen LogP contribution in [0.15, 0.2) is 24.5 Å². The van der Waals surface area contributed by atoms with Crippen LogP contribution in [0.3, 0.4) is 0 Å². The van der Waals surface area contributed by atoms with E-state index in [9.17, 15) is 9.59 Å². The second-order valence-electron chi connectivity index (χ2n) is 1.82. The molecule has 0 saturated heterocycles. The number of carbonyl (C=O) groups is 2. The topological polar surface area (TPSA) is 52.6 Å². The van der Waals surface area contributed by atoms with E-state index in [4.69, 9.17) is 4.74 Å². The van der Waals surface area contributed by atoms with Gasteiger partial charge < -0.3 is 9.47 Å². The molecule has 0 N–H and O–H groups in total. The number of rotatable bonds is 3. The Hall–Kier alpha value is -1.58. The highest BCUT2D eigenvalue weighted by molar-refractivity contribution is 6.07. The van der Waals surface area contributed by atoms with E-state index in [1.165, 1.54) is 6.08 Å². The average Bonchev–Trinajstić information content (AvgIpc) is 2.26. The molecule has 1 aliphatic heterocycles. The lowest BCUT2D eigenvalue weighted by atomic mass is 10.5. The molecule has 0 aliphatic carbocycles. The van der Waals surface area contributed by atoms with Crippen LogP contribution in [0.2, 0.25) is 0 Å². The highest BCUT2D eigenvalue weighted by atomic mass is 16.6. The Labute approximate surface area is 63.1 Å². The molecule has 1 aliphatic rings. The van der Waals surface area contributed by atoms with Gasteiger partial charge in [0.1, 0.15) is 6.61 Å². The van der Waals surface area contributed by atoms with E-state index >= 15 is 0 Å². The predicted octanol–water partition coefficient (Wildman–Crippen LogP) is 0.156. The molecule has 0 atom stereocenters. The van der Waals surface area contributed by atoms with Gasteiger partial charge in [-0.2, -0.15) is 0 Å². The molecule has 4 heteroatoms. The lowest BCUT2D eigenvalue weighted by molar-refractivity contribution is -0.152. The summed E-state index contributed by atoms with van der Waals surface area (Å²) in [6.07, 6.45) is 2.47. The van der Waals surface area contributed by atoms with Gasteiger partial charge in [-0.25, -0.2) is 9.59 Å². The van der Waals surface area contributed by atoms with Gasteiger partial charge in [0.05, 0.1) is 6.08 Å². The third kappa shape index (κ3) is 1.67. The fraction of sp³-hybridized carbons (Fsp3) is 0.143. The van der Waals surface area contributed by atoms with Crippen molar-refractivity contribution in [3.05, 3.63) is 24.5 Å². The van der Waals surface area contributed by atoms with Crippen LogP contribution in [-0.4, -0.2) is 18.5 Å². The number of ether oxygens (including phenoxy) is 2. The predicted molar refractivity (Wildman–Crippen MR) is 35.3 cm³/mol. The lowest BCUT2D eigenvalue weighted by Crippen LogP contribution is -2.04. The fourth-order valence-electron chi connectivity index (χ4n) is 0.586. The number of esters is 2. The number of carbonyl (C=O) groups excluding carboxylic acids is 2. The molecule has 0 unspecified atom stereocenters. The van der Waals surface area contributed by atoms with Crippen LogP contribution in [0.25, 0.3) is 0 Å². The molecule has 0 radical (unpaired) electrons. The van der Waals surface area contributed by atoms with Crippen LogP contribution in [0.1, 0.15) is 0 Å². The van der Waals surface area contributed by atoms with Gasteiger partial charge in [-0.1, -0.05) is 12.7 Å². The molecule has 0 saturated carbocycles. The first-order valence-corrected chi connectivity index (χ1v) is 2.95. The molecule has 0 aromatic carbocycles. The third-order valence-corrected chi connectivity index (χ3v) is 1.00. The van der Waals surface area contributed by atoms with Crippen LogP contribution in [0, 0.1) is 0 Å². The molecule has 1 heterocycles. The van der Waals surface area contributed by atoms with Crippen LogP contribution >= 0.6 is 0 Å². The zero-order valence-electron chi connectivity index (χ0n) is 5.70. The zero-order valence-corrected chi connectivity index (χ0v) is 5.70. The fourth-order valence-corrected chi connectivity index (χ4v) is 0.586. The summed E-state index contributed by atoms with van der Waals surface area (Å²) >= 11 is 0. The van der Waals surface area contributed by atoms with Gasteiger partial charge in [0, 0.05) is 0 Å². The van der Waals surface area contributed by atoms with E-state index < -0.39 is 11.9 Å². The molecule has 0 aromatic heterocycles. The molecule has 4 nitrogen and oxygen atoms in total. The summed E-state index contributed by atoms with van der Waals surface area (Å²) in [6.45, 7) is 3.57. The molecule has 0 fully saturated rings. The van der Waals surface area contributed by atoms with E-state index in [0.29, 0.717) is 0 Å². The van der Waals surface area contributed by atoms with E-state index in [-0.39, 0.29) is 12.4 Å². The monoisotopic (exact) mass is 154 g/mol. The quantitative estimate of drug-likeness (QED) is 0.330. The average molecular weight is 154 g/mol. The van der Waals surface area contributed by atoms with E-state index in [2.05, 4.69) is 11.3 Å². The first-order chi connectivity index (χ1) is 5.24. The Morgan fingerprint density at radius 3 is 2.82 bits per heavy atom. The zero-order chi connectivity index (χ0) is 8.27. The van der Waals surface area contributed by atoms with Gasteiger partial charge >= 0.3 is 11.9 Å². The Balaban J connectivity index is 2.56. The van der Waals surface area contributed by atoms with Gasteiger partial charge in [0.25, 0.3) is 0 Å². The van der Waals surface area contributed by atoms with Crippen molar-refractivity contribution in [2.45, 2.75) is 0 Å². The van der Waals surface area contributed by atoms with Crippen molar-refractivity contribution in [1.82, 2.24) is 0 Å². The molecule has 1 rings (SSSR count). The summed E-state index contributed by atoms with van der Waals surface area (Å²) in [5.41, 5.74) is 0. The molecule has 0 spiro atoms. The highest BCUT2D eigenvalue weighted by Crippen LogP contribution is 2.08. The Bertz CT molecular complexity index is 239. The molecular weight excluding hydrogens is 148 g/mol.